The fourth-order valence-corrected chi connectivity index (χ4v) is 2.04. The summed E-state index contributed by atoms with van der Waals surface area (Å²) in [6, 6.07) is 4.29. The predicted octanol–water partition coefficient (Wildman–Crippen LogP) is 1.64. The van der Waals surface area contributed by atoms with Gasteiger partial charge in [-0.2, -0.15) is 0 Å². The first-order valence-electron chi connectivity index (χ1n) is 5.56. The quantitative estimate of drug-likeness (QED) is 0.791. The van der Waals surface area contributed by atoms with Gasteiger partial charge in [0.15, 0.2) is 6.04 Å². The lowest BCUT2D eigenvalue weighted by atomic mass is 10.1. The number of aliphatic hydroxyl groups excluding tert-OH is 1. The lowest BCUT2D eigenvalue weighted by molar-refractivity contribution is -0.140. The number of aliphatic carboxylic acids is 1. The van der Waals surface area contributed by atoms with Crippen LogP contribution in [-0.4, -0.2) is 38.3 Å². The molecule has 7 heteroatoms. The second kappa shape index (κ2) is 5.50. The highest BCUT2D eigenvalue weighted by Crippen LogP contribution is 2.24. The number of benzene rings is 1. The van der Waals surface area contributed by atoms with Gasteiger partial charge in [0, 0.05) is 9.86 Å². The lowest BCUT2D eigenvalue weighted by Crippen LogP contribution is -2.39. The number of rotatable bonds is 4. The summed E-state index contributed by atoms with van der Waals surface area (Å²) >= 11 is 3.34. The Morgan fingerprint density at radius 3 is 2.79 bits per heavy atom. The van der Waals surface area contributed by atoms with Crippen molar-refractivity contribution >= 4 is 38.6 Å². The van der Waals surface area contributed by atoms with Crippen molar-refractivity contribution in [1.29, 1.82) is 0 Å². The van der Waals surface area contributed by atoms with E-state index in [0.717, 1.165) is 4.47 Å². The summed E-state index contributed by atoms with van der Waals surface area (Å²) in [6.07, 6.45) is 0.300. The smallest absolute Gasteiger partial charge is 0.328 e. The van der Waals surface area contributed by atoms with Crippen LogP contribution in [0.4, 0.5) is 5.82 Å². The molecule has 0 aliphatic heterocycles. The van der Waals surface area contributed by atoms with Crippen LogP contribution in [0, 0.1) is 0 Å². The normalized spacial score (nSPS) is 14.1. The molecule has 1 aromatic carbocycles. The second-order valence-corrected chi connectivity index (χ2v) is 5.00. The van der Waals surface area contributed by atoms with E-state index in [0.29, 0.717) is 16.7 Å². The monoisotopic (exact) mass is 325 g/mol. The van der Waals surface area contributed by atoms with Crippen molar-refractivity contribution in [2.75, 3.05) is 5.32 Å². The van der Waals surface area contributed by atoms with Crippen LogP contribution >= 0.6 is 15.9 Å². The van der Waals surface area contributed by atoms with Crippen molar-refractivity contribution in [3.8, 4) is 0 Å². The molecule has 2 rings (SSSR count). The van der Waals surface area contributed by atoms with Crippen LogP contribution in [0.1, 0.15) is 6.92 Å². The molecule has 0 spiro atoms. The molecular formula is C12H12BrN3O3. The zero-order valence-corrected chi connectivity index (χ0v) is 11.6. The molecule has 0 amide bonds. The lowest BCUT2D eigenvalue weighted by Gasteiger charge is -2.18. The molecule has 0 fully saturated rings. The fraction of sp³-hybridized carbons (Fsp3) is 0.250. The van der Waals surface area contributed by atoms with Crippen molar-refractivity contribution in [1.82, 2.24) is 9.97 Å². The summed E-state index contributed by atoms with van der Waals surface area (Å²) in [4.78, 5) is 19.2. The SMILES string of the molecule is CC(O)C(Nc1ncnc2ccc(Br)cc12)C(=O)O. The molecule has 100 valence electrons. The van der Waals surface area contributed by atoms with Crippen LogP contribution in [0.25, 0.3) is 10.9 Å². The average molecular weight is 326 g/mol. The van der Waals surface area contributed by atoms with E-state index in [2.05, 4.69) is 31.2 Å². The largest absolute Gasteiger partial charge is 0.480 e. The maximum Gasteiger partial charge on any atom is 0.328 e. The van der Waals surface area contributed by atoms with E-state index >= 15 is 0 Å². The van der Waals surface area contributed by atoms with Crippen molar-refractivity contribution in [3.63, 3.8) is 0 Å². The van der Waals surface area contributed by atoms with Gasteiger partial charge in [0.25, 0.3) is 0 Å². The number of carbonyl (C=O) groups is 1. The van der Waals surface area contributed by atoms with Gasteiger partial charge in [0.05, 0.1) is 11.6 Å². The minimum Gasteiger partial charge on any atom is -0.480 e. The highest BCUT2D eigenvalue weighted by atomic mass is 79.9. The van der Waals surface area contributed by atoms with Gasteiger partial charge in [-0.3, -0.25) is 0 Å². The van der Waals surface area contributed by atoms with Gasteiger partial charge < -0.3 is 15.5 Å². The Labute approximate surface area is 117 Å². The predicted molar refractivity (Wildman–Crippen MR) is 74.0 cm³/mol. The van der Waals surface area contributed by atoms with Gasteiger partial charge in [0.1, 0.15) is 12.1 Å². The topological polar surface area (TPSA) is 95.3 Å². The Kier molecular flexibility index (Phi) is 3.96. The zero-order valence-electron chi connectivity index (χ0n) is 10.0. The summed E-state index contributed by atoms with van der Waals surface area (Å²) in [5.74, 6) is -0.767. The highest BCUT2D eigenvalue weighted by molar-refractivity contribution is 9.10. The van der Waals surface area contributed by atoms with Crippen molar-refractivity contribution < 1.29 is 15.0 Å². The number of halogens is 1. The van der Waals surface area contributed by atoms with E-state index in [4.69, 9.17) is 5.11 Å². The van der Waals surface area contributed by atoms with Crippen LogP contribution in [0.15, 0.2) is 29.0 Å². The number of carboxylic acids is 1. The maximum absolute atomic E-state index is 11.1. The van der Waals surface area contributed by atoms with Crippen LogP contribution in [-0.2, 0) is 4.79 Å². The average Bonchev–Trinajstić information content (AvgIpc) is 2.35. The van der Waals surface area contributed by atoms with Crippen molar-refractivity contribution in [2.24, 2.45) is 0 Å². The van der Waals surface area contributed by atoms with Gasteiger partial charge in [-0.05, 0) is 25.1 Å². The van der Waals surface area contributed by atoms with E-state index in [1.54, 1.807) is 12.1 Å². The fourth-order valence-electron chi connectivity index (χ4n) is 1.68. The summed E-state index contributed by atoms with van der Waals surface area (Å²) in [6.45, 7) is 1.41. The van der Waals surface area contributed by atoms with E-state index in [-0.39, 0.29) is 0 Å². The second-order valence-electron chi connectivity index (χ2n) is 4.08. The van der Waals surface area contributed by atoms with Gasteiger partial charge in [0.2, 0.25) is 0 Å². The molecule has 0 aliphatic carbocycles. The molecule has 19 heavy (non-hydrogen) atoms. The molecule has 0 saturated carbocycles. The minimum atomic E-state index is -1.14. The molecule has 6 nitrogen and oxygen atoms in total. The molecule has 0 radical (unpaired) electrons. The molecule has 0 aliphatic rings. The number of aliphatic hydroxyl groups is 1. The van der Waals surface area contributed by atoms with Gasteiger partial charge in [-0.1, -0.05) is 15.9 Å². The molecule has 2 unspecified atom stereocenters. The third-order valence-electron chi connectivity index (χ3n) is 2.64. The first-order chi connectivity index (χ1) is 8.99. The molecule has 3 N–H and O–H groups in total. The summed E-state index contributed by atoms with van der Waals surface area (Å²) in [5.41, 5.74) is 0.690. The Morgan fingerprint density at radius 2 is 2.16 bits per heavy atom. The third-order valence-corrected chi connectivity index (χ3v) is 3.13. The number of hydrogen-bond donors (Lipinski definition) is 3. The van der Waals surface area contributed by atoms with Crippen molar-refractivity contribution in [3.05, 3.63) is 29.0 Å². The van der Waals surface area contributed by atoms with E-state index in [1.165, 1.54) is 13.3 Å². The number of anilines is 1. The Bertz CT molecular complexity index is 618. The maximum atomic E-state index is 11.1. The minimum absolute atomic E-state index is 0.375. The van der Waals surface area contributed by atoms with E-state index in [9.17, 15) is 9.90 Å². The molecule has 1 heterocycles. The van der Waals surface area contributed by atoms with Crippen molar-refractivity contribution in [2.45, 2.75) is 19.1 Å². The molecule has 1 aromatic heterocycles. The summed E-state index contributed by atoms with van der Waals surface area (Å²) in [7, 11) is 0. The number of aromatic nitrogens is 2. The Hall–Kier alpha value is -1.73. The molecule has 0 saturated heterocycles. The number of carboxylic acid groups (broad SMARTS) is 1. The van der Waals surface area contributed by atoms with Crippen LogP contribution in [0.2, 0.25) is 0 Å². The number of fused-ring (bicyclic) bond motifs is 1. The van der Waals surface area contributed by atoms with E-state index in [1.807, 2.05) is 6.07 Å². The van der Waals surface area contributed by atoms with Gasteiger partial charge in [-0.15, -0.1) is 0 Å². The Balaban J connectivity index is 2.44. The van der Waals surface area contributed by atoms with Gasteiger partial charge in [-0.25, -0.2) is 14.8 Å². The number of nitrogens with zero attached hydrogens (tertiary/aromatic N) is 2. The van der Waals surface area contributed by atoms with Gasteiger partial charge >= 0.3 is 5.97 Å². The van der Waals surface area contributed by atoms with E-state index < -0.39 is 18.1 Å². The Morgan fingerprint density at radius 1 is 1.42 bits per heavy atom. The number of hydrogen-bond acceptors (Lipinski definition) is 5. The highest BCUT2D eigenvalue weighted by Gasteiger charge is 2.24. The molecule has 0 bridgehead atoms. The third kappa shape index (κ3) is 2.99. The van der Waals surface area contributed by atoms with Crippen LogP contribution in [0.5, 0.6) is 0 Å². The standard InChI is InChI=1S/C12H12BrN3O3/c1-6(17)10(12(18)19)16-11-8-4-7(13)2-3-9(8)14-5-15-11/h2-6,10,17H,1H3,(H,18,19)(H,14,15,16). The number of nitrogens with one attached hydrogen (secondary N) is 1. The first-order valence-corrected chi connectivity index (χ1v) is 6.36. The summed E-state index contributed by atoms with van der Waals surface area (Å²) < 4.78 is 0.835. The van der Waals surface area contributed by atoms with Crippen LogP contribution in [0.3, 0.4) is 0 Å². The summed E-state index contributed by atoms with van der Waals surface area (Å²) in [5, 5.41) is 21.9. The van der Waals surface area contributed by atoms with Crippen LogP contribution < -0.4 is 5.32 Å². The molecular weight excluding hydrogens is 314 g/mol. The zero-order chi connectivity index (χ0) is 14.0. The molecule has 2 aromatic rings. The first kappa shape index (κ1) is 13.7. The molecule has 2 atom stereocenters.